The molecule has 0 radical (unpaired) electrons. The number of benzene rings is 11. The van der Waals surface area contributed by atoms with Crippen molar-refractivity contribution < 1.29 is 0 Å². The highest BCUT2D eigenvalue weighted by molar-refractivity contribution is 5.93. The van der Waals surface area contributed by atoms with E-state index in [1.807, 2.05) is 0 Å². The van der Waals surface area contributed by atoms with Crippen LogP contribution in [0.2, 0.25) is 0 Å². The zero-order valence-electron chi connectivity index (χ0n) is 45.9. The first kappa shape index (κ1) is 52.1. The summed E-state index contributed by atoms with van der Waals surface area (Å²) in [6, 6.07) is 100. The molecule has 0 saturated carbocycles. The van der Waals surface area contributed by atoms with Crippen molar-refractivity contribution in [3.05, 3.63) is 357 Å². The van der Waals surface area contributed by atoms with Crippen molar-refractivity contribution in [3.63, 3.8) is 0 Å². The van der Waals surface area contributed by atoms with Gasteiger partial charge >= 0.3 is 0 Å². The van der Waals surface area contributed by atoms with Crippen LogP contribution in [0.3, 0.4) is 0 Å². The molecule has 0 aliphatic heterocycles. The fourth-order valence-corrected chi connectivity index (χ4v) is 10.5. The Balaban J connectivity index is 0.825. The monoisotopic (exact) mass is 1030 g/mol. The molecule has 2 heteroatoms. The number of anilines is 6. The maximum Gasteiger partial charge on any atom is 0.0490 e. The zero-order valence-corrected chi connectivity index (χ0v) is 45.9. The maximum absolute atomic E-state index is 2.36. The van der Waals surface area contributed by atoms with Gasteiger partial charge < -0.3 is 9.80 Å². The summed E-state index contributed by atoms with van der Waals surface area (Å²) < 4.78 is 0. The number of hydrogen-bond acceptors (Lipinski definition) is 2. The molecule has 11 aromatic carbocycles. The maximum atomic E-state index is 2.36. The second-order valence-electron chi connectivity index (χ2n) is 20.5. The largest absolute Gasteiger partial charge is 0.310 e. The van der Waals surface area contributed by atoms with Gasteiger partial charge in [-0.25, -0.2) is 0 Å². The van der Waals surface area contributed by atoms with E-state index in [0.717, 1.165) is 67.5 Å². The molecule has 80 heavy (non-hydrogen) atoms. The average molecular weight is 1030 g/mol. The van der Waals surface area contributed by atoms with E-state index in [0.29, 0.717) is 0 Å². The first-order valence-electron chi connectivity index (χ1n) is 27.5. The molecule has 0 amide bonds. The lowest BCUT2D eigenvalue weighted by molar-refractivity contribution is 1.24. The van der Waals surface area contributed by atoms with Crippen LogP contribution in [0.15, 0.2) is 279 Å². The highest BCUT2D eigenvalue weighted by Crippen LogP contribution is 2.40. The lowest BCUT2D eigenvalue weighted by Crippen LogP contribution is -2.11. The van der Waals surface area contributed by atoms with Gasteiger partial charge in [-0.3, -0.25) is 0 Å². The molecule has 0 spiro atoms. The van der Waals surface area contributed by atoms with E-state index in [2.05, 4.69) is 353 Å². The quantitative estimate of drug-likeness (QED) is 0.0890. The third-order valence-electron chi connectivity index (χ3n) is 14.7. The van der Waals surface area contributed by atoms with Crippen LogP contribution in [0.1, 0.15) is 77.9 Å². The summed E-state index contributed by atoms with van der Waals surface area (Å²) in [6.45, 7) is 8.71. The number of aryl methyl sites for hydroxylation is 4. The second kappa shape index (κ2) is 24.5. The van der Waals surface area contributed by atoms with Crippen LogP contribution < -0.4 is 9.80 Å². The van der Waals surface area contributed by atoms with E-state index in [1.165, 1.54) is 55.7 Å². The Bertz CT molecular complexity index is 3620. The Morgan fingerprint density at radius 1 is 0.263 bits per heavy atom. The molecule has 2 nitrogen and oxygen atoms in total. The van der Waals surface area contributed by atoms with Gasteiger partial charge in [0.05, 0.1) is 0 Å². The van der Waals surface area contributed by atoms with Gasteiger partial charge in [0.25, 0.3) is 0 Å². The van der Waals surface area contributed by atoms with Crippen molar-refractivity contribution in [1.82, 2.24) is 0 Å². The lowest BCUT2D eigenvalue weighted by atomic mass is 9.95. The van der Waals surface area contributed by atoms with Gasteiger partial charge in [-0.15, -0.1) is 0 Å². The molecule has 0 N–H and O–H groups in total. The Hall–Kier alpha value is -10.0. The summed E-state index contributed by atoms with van der Waals surface area (Å²) in [6.07, 6.45) is 13.4. The molecule has 0 bridgehead atoms. The van der Waals surface area contributed by atoms with Crippen LogP contribution in [-0.4, -0.2) is 0 Å². The Kier molecular flexibility index (Phi) is 16.0. The van der Waals surface area contributed by atoms with Gasteiger partial charge in [-0.05, 0) is 178 Å². The Morgan fingerprint density at radius 2 is 0.537 bits per heavy atom. The molecule has 0 atom stereocenters. The molecule has 386 valence electrons. The standard InChI is InChI=1S/C78H64N2/c1-57-29-51-77(59(3)53-57)79(73-47-37-63(38-48-73)55-75(67-21-9-5-10-22-67)68-23-11-6-12-24-68)71-43-33-61(34-44-71)31-41-65-19-17-18-20-66(65)42-32-62-35-45-72(46-36-62)80(78-52-30-58(2)54-60(78)4)74-49-39-64(40-50-74)56-76(69-25-13-7-14-26-69)70-27-15-8-16-28-70/h5-56H,1-4H3/b41-31+,42-32+. The molecular formula is C78H64N2. The normalized spacial score (nSPS) is 11.2. The molecule has 0 aliphatic carbocycles. The summed E-state index contributed by atoms with van der Waals surface area (Å²) in [5.41, 5.74) is 25.6. The van der Waals surface area contributed by atoms with E-state index in [1.54, 1.807) is 0 Å². The highest BCUT2D eigenvalue weighted by Gasteiger charge is 2.17. The molecule has 0 fully saturated rings. The van der Waals surface area contributed by atoms with Gasteiger partial charge in [0.15, 0.2) is 0 Å². The number of nitrogens with zero attached hydrogens (tertiary/aromatic N) is 2. The minimum absolute atomic E-state index is 1.10. The summed E-state index contributed by atoms with van der Waals surface area (Å²) in [7, 11) is 0. The molecule has 0 unspecified atom stereocenters. The first-order valence-corrected chi connectivity index (χ1v) is 27.5. The van der Waals surface area contributed by atoms with Crippen LogP contribution in [0, 0.1) is 27.7 Å². The summed E-state index contributed by atoms with van der Waals surface area (Å²) in [5, 5.41) is 0. The van der Waals surface area contributed by atoms with Crippen molar-refractivity contribution in [1.29, 1.82) is 0 Å². The topological polar surface area (TPSA) is 6.48 Å². The summed E-state index contributed by atoms with van der Waals surface area (Å²) in [5.74, 6) is 0. The van der Waals surface area contributed by atoms with Crippen LogP contribution in [0.5, 0.6) is 0 Å². The predicted octanol–water partition coefficient (Wildman–Crippen LogP) is 21.4. The smallest absolute Gasteiger partial charge is 0.0490 e. The minimum Gasteiger partial charge on any atom is -0.310 e. The first-order chi connectivity index (χ1) is 39.3. The molecule has 11 rings (SSSR count). The summed E-state index contributed by atoms with van der Waals surface area (Å²) in [4.78, 5) is 4.73. The van der Waals surface area contributed by atoms with E-state index in [-0.39, 0.29) is 0 Å². The van der Waals surface area contributed by atoms with Gasteiger partial charge in [0.1, 0.15) is 0 Å². The second-order valence-corrected chi connectivity index (χ2v) is 20.5. The zero-order chi connectivity index (χ0) is 54.6. The number of rotatable bonds is 16. The number of hydrogen-bond donors (Lipinski definition) is 0. The van der Waals surface area contributed by atoms with Gasteiger partial charge in [0.2, 0.25) is 0 Å². The van der Waals surface area contributed by atoms with E-state index in [9.17, 15) is 0 Å². The molecule has 0 aromatic heterocycles. The predicted molar refractivity (Wildman–Crippen MR) is 345 cm³/mol. The van der Waals surface area contributed by atoms with E-state index >= 15 is 0 Å². The van der Waals surface area contributed by atoms with Crippen molar-refractivity contribution >= 4 is 81.7 Å². The van der Waals surface area contributed by atoms with Crippen LogP contribution in [-0.2, 0) is 0 Å². The van der Waals surface area contributed by atoms with Crippen LogP contribution in [0.25, 0.3) is 47.6 Å². The molecular weight excluding hydrogens is 965 g/mol. The average Bonchev–Trinajstić information content (AvgIpc) is 3.51. The van der Waals surface area contributed by atoms with E-state index < -0.39 is 0 Å². The minimum atomic E-state index is 1.10. The van der Waals surface area contributed by atoms with Crippen molar-refractivity contribution in [2.24, 2.45) is 0 Å². The molecule has 0 aliphatic rings. The molecule has 0 heterocycles. The van der Waals surface area contributed by atoms with Gasteiger partial charge in [-0.1, -0.05) is 254 Å². The highest BCUT2D eigenvalue weighted by atomic mass is 15.1. The van der Waals surface area contributed by atoms with Gasteiger partial charge in [-0.2, -0.15) is 0 Å². The molecule has 11 aromatic rings. The van der Waals surface area contributed by atoms with E-state index in [4.69, 9.17) is 0 Å². The summed E-state index contributed by atoms with van der Waals surface area (Å²) >= 11 is 0. The SMILES string of the molecule is Cc1ccc(N(c2ccc(C=C(c3ccccc3)c3ccccc3)cc2)c2ccc(/C=C/c3ccccc3/C=C/c3ccc(N(c4ccc(C=C(c5ccccc5)c5ccccc5)cc4)c4ccc(C)cc4C)cc3)cc2)c(C)c1. The van der Waals surface area contributed by atoms with Crippen molar-refractivity contribution in [3.8, 4) is 0 Å². The van der Waals surface area contributed by atoms with Crippen LogP contribution in [0.4, 0.5) is 34.1 Å². The Morgan fingerprint density at radius 3 is 0.825 bits per heavy atom. The lowest BCUT2D eigenvalue weighted by Gasteiger charge is -2.27. The fraction of sp³-hybridized carbons (Fsp3) is 0.0513. The van der Waals surface area contributed by atoms with Crippen molar-refractivity contribution in [2.75, 3.05) is 9.80 Å². The third-order valence-corrected chi connectivity index (χ3v) is 14.7. The fourth-order valence-electron chi connectivity index (χ4n) is 10.5. The Labute approximate surface area is 473 Å². The van der Waals surface area contributed by atoms with Crippen molar-refractivity contribution in [2.45, 2.75) is 27.7 Å². The van der Waals surface area contributed by atoms with Crippen LogP contribution >= 0.6 is 0 Å². The third kappa shape index (κ3) is 12.4. The molecule has 0 saturated heterocycles. The van der Waals surface area contributed by atoms with Gasteiger partial charge in [0, 0.05) is 34.1 Å².